The van der Waals surface area contributed by atoms with E-state index in [1.165, 1.54) is 12.1 Å². The van der Waals surface area contributed by atoms with Gasteiger partial charge in [0.25, 0.3) is 0 Å². The minimum atomic E-state index is -4.40. The highest BCUT2D eigenvalue weighted by atomic mass is 79.9. The van der Waals surface area contributed by atoms with Crippen LogP contribution in [0.4, 0.5) is 18.9 Å². The van der Waals surface area contributed by atoms with Crippen molar-refractivity contribution in [3.8, 4) is 11.4 Å². The van der Waals surface area contributed by atoms with Crippen molar-refractivity contribution in [1.82, 2.24) is 15.0 Å². The molecule has 1 N–H and O–H groups in total. The first-order valence-electron chi connectivity index (χ1n) is 10.1. The molecule has 168 valence electrons. The zero-order valence-electron chi connectivity index (χ0n) is 16.9. The predicted molar refractivity (Wildman–Crippen MR) is 116 cm³/mol. The molecular formula is C22H20BrF3N4O2. The lowest BCUT2D eigenvalue weighted by Gasteiger charge is -2.30. The SMILES string of the molecule is O=C(Nc1ccc(C(F)(F)F)cc1)C1CCN(Cc2nc(-c3ccc(Br)cc3)no2)CC1. The second-order valence-electron chi connectivity index (χ2n) is 7.63. The van der Waals surface area contributed by atoms with E-state index in [1.807, 2.05) is 24.3 Å². The first-order chi connectivity index (χ1) is 15.3. The van der Waals surface area contributed by atoms with Crippen molar-refractivity contribution in [2.24, 2.45) is 5.92 Å². The molecule has 1 saturated heterocycles. The number of alkyl halides is 3. The maximum atomic E-state index is 12.7. The van der Waals surface area contributed by atoms with E-state index in [9.17, 15) is 18.0 Å². The van der Waals surface area contributed by atoms with Gasteiger partial charge in [0.05, 0.1) is 12.1 Å². The maximum absolute atomic E-state index is 12.7. The molecule has 2 aromatic carbocycles. The molecule has 1 aliphatic heterocycles. The van der Waals surface area contributed by atoms with Crippen LogP contribution in [-0.2, 0) is 17.5 Å². The van der Waals surface area contributed by atoms with E-state index in [2.05, 4.69) is 36.3 Å². The molecule has 1 aliphatic rings. The summed E-state index contributed by atoms with van der Waals surface area (Å²) < 4.78 is 44.3. The molecule has 0 saturated carbocycles. The van der Waals surface area contributed by atoms with Gasteiger partial charge in [-0.05, 0) is 74.5 Å². The second kappa shape index (κ2) is 9.41. The van der Waals surface area contributed by atoms with Crippen LogP contribution < -0.4 is 5.32 Å². The van der Waals surface area contributed by atoms with Gasteiger partial charge in [0.1, 0.15) is 0 Å². The summed E-state index contributed by atoms with van der Waals surface area (Å²) in [6.45, 7) is 1.86. The van der Waals surface area contributed by atoms with Crippen molar-refractivity contribution in [3.63, 3.8) is 0 Å². The molecule has 2 heterocycles. The summed E-state index contributed by atoms with van der Waals surface area (Å²) in [5.74, 6) is 0.656. The van der Waals surface area contributed by atoms with E-state index in [0.717, 1.165) is 22.2 Å². The summed E-state index contributed by atoms with van der Waals surface area (Å²) in [7, 11) is 0. The normalized spacial score (nSPS) is 15.6. The lowest BCUT2D eigenvalue weighted by molar-refractivity contribution is -0.137. The Kier molecular flexibility index (Phi) is 6.61. The topological polar surface area (TPSA) is 71.3 Å². The number of anilines is 1. The van der Waals surface area contributed by atoms with Crippen LogP contribution in [0.5, 0.6) is 0 Å². The number of halogens is 4. The quantitative estimate of drug-likeness (QED) is 0.501. The molecule has 32 heavy (non-hydrogen) atoms. The lowest BCUT2D eigenvalue weighted by Crippen LogP contribution is -2.37. The van der Waals surface area contributed by atoms with E-state index < -0.39 is 11.7 Å². The van der Waals surface area contributed by atoms with E-state index in [0.29, 0.717) is 49.9 Å². The number of likely N-dealkylation sites (tertiary alicyclic amines) is 1. The highest BCUT2D eigenvalue weighted by molar-refractivity contribution is 9.10. The number of piperidine rings is 1. The Bertz CT molecular complexity index is 1060. The van der Waals surface area contributed by atoms with Crippen LogP contribution in [-0.4, -0.2) is 34.0 Å². The summed E-state index contributed by atoms with van der Waals surface area (Å²) in [5, 5.41) is 6.74. The minimum absolute atomic E-state index is 0.181. The van der Waals surface area contributed by atoms with E-state index in [4.69, 9.17) is 4.52 Å². The number of aromatic nitrogens is 2. The molecule has 0 radical (unpaired) electrons. The van der Waals surface area contributed by atoms with Gasteiger partial charge in [-0.2, -0.15) is 18.2 Å². The molecule has 4 rings (SSSR count). The highest BCUT2D eigenvalue weighted by Crippen LogP contribution is 2.30. The fourth-order valence-corrected chi connectivity index (χ4v) is 3.83. The standard InChI is InChI=1S/C22H20BrF3N4O2/c23-17-5-1-14(2-6-17)20-28-19(32-29-20)13-30-11-9-15(10-12-30)21(31)27-18-7-3-16(4-8-18)22(24,25)26/h1-8,15H,9-13H2,(H,27,31). The van der Waals surface area contributed by atoms with Gasteiger partial charge in [0.2, 0.25) is 17.6 Å². The molecule has 1 fully saturated rings. The predicted octanol–water partition coefficient (Wildman–Crippen LogP) is 5.37. The van der Waals surface area contributed by atoms with Gasteiger partial charge >= 0.3 is 6.18 Å². The number of carbonyl (C=O) groups is 1. The van der Waals surface area contributed by atoms with Gasteiger partial charge in [-0.25, -0.2) is 0 Å². The number of amides is 1. The molecule has 0 bridgehead atoms. The Labute approximate surface area is 190 Å². The Morgan fingerprint density at radius 3 is 2.38 bits per heavy atom. The fourth-order valence-electron chi connectivity index (χ4n) is 3.57. The number of nitrogens with one attached hydrogen (secondary N) is 1. The Morgan fingerprint density at radius 2 is 1.75 bits per heavy atom. The summed E-state index contributed by atoms with van der Waals surface area (Å²) >= 11 is 3.39. The van der Waals surface area contributed by atoms with Crippen molar-refractivity contribution in [2.75, 3.05) is 18.4 Å². The molecule has 10 heteroatoms. The molecule has 0 atom stereocenters. The zero-order valence-corrected chi connectivity index (χ0v) is 18.5. The van der Waals surface area contributed by atoms with Crippen LogP contribution in [0, 0.1) is 5.92 Å². The van der Waals surface area contributed by atoms with Crippen molar-refractivity contribution < 1.29 is 22.5 Å². The van der Waals surface area contributed by atoms with Gasteiger partial charge in [0, 0.05) is 21.6 Å². The zero-order chi connectivity index (χ0) is 22.7. The molecule has 0 aliphatic carbocycles. The van der Waals surface area contributed by atoms with Crippen molar-refractivity contribution in [2.45, 2.75) is 25.6 Å². The molecule has 3 aromatic rings. The molecule has 0 unspecified atom stereocenters. The molecule has 1 amide bonds. The third kappa shape index (κ3) is 5.55. The van der Waals surface area contributed by atoms with Crippen LogP contribution in [0.1, 0.15) is 24.3 Å². The molecule has 1 aromatic heterocycles. The number of carbonyl (C=O) groups excluding carboxylic acids is 1. The van der Waals surface area contributed by atoms with Crippen LogP contribution in [0.2, 0.25) is 0 Å². The van der Waals surface area contributed by atoms with Crippen LogP contribution in [0.15, 0.2) is 57.5 Å². The number of hydrogen-bond donors (Lipinski definition) is 1. The molecule has 6 nitrogen and oxygen atoms in total. The monoisotopic (exact) mass is 508 g/mol. The van der Waals surface area contributed by atoms with Crippen LogP contribution >= 0.6 is 15.9 Å². The summed E-state index contributed by atoms with van der Waals surface area (Å²) in [6.07, 6.45) is -3.12. The third-order valence-electron chi connectivity index (χ3n) is 5.37. The van der Waals surface area contributed by atoms with Crippen molar-refractivity contribution in [1.29, 1.82) is 0 Å². The number of hydrogen-bond acceptors (Lipinski definition) is 5. The van der Waals surface area contributed by atoms with E-state index in [-0.39, 0.29) is 11.8 Å². The molecule has 0 spiro atoms. The van der Waals surface area contributed by atoms with Gasteiger partial charge in [-0.3, -0.25) is 9.69 Å². The average Bonchev–Trinajstić information content (AvgIpc) is 3.23. The van der Waals surface area contributed by atoms with E-state index in [1.54, 1.807) is 0 Å². The molecular weight excluding hydrogens is 489 g/mol. The Hall–Kier alpha value is -2.72. The maximum Gasteiger partial charge on any atom is 0.416 e. The fraction of sp³-hybridized carbons (Fsp3) is 0.318. The van der Waals surface area contributed by atoms with Crippen LogP contribution in [0.25, 0.3) is 11.4 Å². The van der Waals surface area contributed by atoms with Crippen LogP contribution in [0.3, 0.4) is 0 Å². The third-order valence-corrected chi connectivity index (χ3v) is 5.90. The summed E-state index contributed by atoms with van der Waals surface area (Å²) in [4.78, 5) is 19.1. The summed E-state index contributed by atoms with van der Waals surface area (Å²) in [5.41, 5.74) is 0.478. The second-order valence-corrected chi connectivity index (χ2v) is 8.55. The van der Waals surface area contributed by atoms with Crippen molar-refractivity contribution in [3.05, 3.63) is 64.5 Å². The average molecular weight is 509 g/mol. The van der Waals surface area contributed by atoms with Gasteiger partial charge < -0.3 is 9.84 Å². The smallest absolute Gasteiger partial charge is 0.338 e. The number of benzene rings is 2. The first-order valence-corrected chi connectivity index (χ1v) is 10.9. The number of nitrogens with zero attached hydrogens (tertiary/aromatic N) is 3. The lowest BCUT2D eigenvalue weighted by atomic mass is 9.96. The van der Waals surface area contributed by atoms with E-state index >= 15 is 0 Å². The Morgan fingerprint density at radius 1 is 1.09 bits per heavy atom. The van der Waals surface area contributed by atoms with Crippen molar-refractivity contribution >= 4 is 27.5 Å². The van der Waals surface area contributed by atoms with Gasteiger partial charge in [-0.15, -0.1) is 0 Å². The number of rotatable bonds is 5. The first kappa shape index (κ1) is 22.5. The minimum Gasteiger partial charge on any atom is -0.338 e. The largest absolute Gasteiger partial charge is 0.416 e. The summed E-state index contributed by atoms with van der Waals surface area (Å²) in [6, 6.07) is 12.1. The van der Waals surface area contributed by atoms with Gasteiger partial charge in [-0.1, -0.05) is 21.1 Å². The van der Waals surface area contributed by atoms with Gasteiger partial charge in [0.15, 0.2) is 0 Å². The highest BCUT2D eigenvalue weighted by Gasteiger charge is 2.30. The Balaban J connectivity index is 1.27.